The van der Waals surface area contributed by atoms with Crippen LogP contribution in [0.2, 0.25) is 0 Å². The molecule has 0 saturated heterocycles. The summed E-state index contributed by atoms with van der Waals surface area (Å²) < 4.78 is 0. The van der Waals surface area contributed by atoms with Crippen LogP contribution in [0.15, 0.2) is 60.9 Å². The van der Waals surface area contributed by atoms with Crippen LogP contribution < -0.4 is 10.2 Å². The van der Waals surface area contributed by atoms with Gasteiger partial charge in [0.05, 0.1) is 0 Å². The molecule has 1 aromatic heterocycles. The molecule has 132 valence electrons. The number of rotatable bonds is 5. The molecule has 26 heavy (non-hydrogen) atoms. The van der Waals surface area contributed by atoms with E-state index >= 15 is 0 Å². The van der Waals surface area contributed by atoms with E-state index in [2.05, 4.69) is 22.2 Å². The highest BCUT2D eigenvalue weighted by atomic mass is 16.1. The van der Waals surface area contributed by atoms with E-state index in [0.717, 1.165) is 28.9 Å². The Balaban J connectivity index is 1.86. The Hall–Kier alpha value is -3.21. The van der Waals surface area contributed by atoms with Gasteiger partial charge in [-0.2, -0.15) is 0 Å². The zero-order chi connectivity index (χ0) is 18.5. The molecule has 5 heteroatoms. The van der Waals surface area contributed by atoms with Gasteiger partial charge in [-0.1, -0.05) is 43.3 Å². The van der Waals surface area contributed by atoms with E-state index in [1.54, 1.807) is 6.07 Å². The predicted octanol–water partition coefficient (Wildman–Crippen LogP) is 4.37. The molecule has 3 aromatic rings. The highest BCUT2D eigenvalue weighted by Crippen LogP contribution is 2.23. The lowest BCUT2D eigenvalue weighted by atomic mass is 10.1. The minimum atomic E-state index is -0.237. The van der Waals surface area contributed by atoms with E-state index < -0.39 is 0 Å². The van der Waals surface area contributed by atoms with Crippen LogP contribution in [0.3, 0.4) is 0 Å². The summed E-state index contributed by atoms with van der Waals surface area (Å²) in [6, 6.07) is 17.6. The molecule has 0 fully saturated rings. The van der Waals surface area contributed by atoms with Crippen LogP contribution in [0.1, 0.15) is 28.5 Å². The van der Waals surface area contributed by atoms with Gasteiger partial charge in [-0.25, -0.2) is 9.97 Å². The SMILES string of the molecule is CCc1cccc(C)c1NC(=O)c1cc(N(C)c2ccccc2)ncn1. The average Bonchev–Trinajstić information content (AvgIpc) is 2.69. The lowest BCUT2D eigenvalue weighted by Gasteiger charge is -2.18. The van der Waals surface area contributed by atoms with Crippen molar-refractivity contribution in [3.8, 4) is 0 Å². The minimum absolute atomic E-state index is 0.237. The Kier molecular flexibility index (Phi) is 5.27. The monoisotopic (exact) mass is 346 g/mol. The van der Waals surface area contributed by atoms with Crippen molar-refractivity contribution >= 4 is 23.1 Å². The first-order valence-electron chi connectivity index (χ1n) is 8.60. The van der Waals surface area contributed by atoms with Crippen molar-refractivity contribution in [1.29, 1.82) is 0 Å². The van der Waals surface area contributed by atoms with Crippen LogP contribution in [0.4, 0.5) is 17.2 Å². The van der Waals surface area contributed by atoms with Crippen LogP contribution >= 0.6 is 0 Å². The molecule has 0 spiro atoms. The van der Waals surface area contributed by atoms with E-state index in [9.17, 15) is 4.79 Å². The topological polar surface area (TPSA) is 58.1 Å². The molecule has 0 aliphatic heterocycles. The maximum atomic E-state index is 12.7. The Bertz CT molecular complexity index is 909. The largest absolute Gasteiger partial charge is 0.329 e. The lowest BCUT2D eigenvalue weighted by molar-refractivity contribution is 0.102. The van der Waals surface area contributed by atoms with Crippen molar-refractivity contribution in [3.05, 3.63) is 77.7 Å². The number of nitrogens with one attached hydrogen (secondary N) is 1. The van der Waals surface area contributed by atoms with Gasteiger partial charge in [0.25, 0.3) is 5.91 Å². The van der Waals surface area contributed by atoms with Gasteiger partial charge in [-0.3, -0.25) is 4.79 Å². The van der Waals surface area contributed by atoms with Crippen molar-refractivity contribution in [2.45, 2.75) is 20.3 Å². The molecular weight excluding hydrogens is 324 g/mol. The van der Waals surface area contributed by atoms with Gasteiger partial charge < -0.3 is 10.2 Å². The highest BCUT2D eigenvalue weighted by Gasteiger charge is 2.14. The van der Waals surface area contributed by atoms with E-state index in [4.69, 9.17) is 0 Å². The Morgan fingerprint density at radius 1 is 1.08 bits per heavy atom. The summed E-state index contributed by atoms with van der Waals surface area (Å²) in [6.45, 7) is 4.06. The summed E-state index contributed by atoms with van der Waals surface area (Å²) in [4.78, 5) is 23.1. The second-order valence-electron chi connectivity index (χ2n) is 6.07. The number of hydrogen-bond donors (Lipinski definition) is 1. The zero-order valence-electron chi connectivity index (χ0n) is 15.2. The number of amides is 1. The molecule has 0 aliphatic carbocycles. The van der Waals surface area contributed by atoms with Crippen LogP contribution in [-0.2, 0) is 6.42 Å². The fraction of sp³-hybridized carbons (Fsp3) is 0.190. The van der Waals surface area contributed by atoms with E-state index in [0.29, 0.717) is 11.5 Å². The third-order valence-electron chi connectivity index (χ3n) is 4.35. The third kappa shape index (κ3) is 3.72. The summed E-state index contributed by atoms with van der Waals surface area (Å²) in [5.41, 5.74) is 4.33. The molecule has 2 aromatic carbocycles. The Labute approximate surface area is 153 Å². The first-order valence-corrected chi connectivity index (χ1v) is 8.60. The molecule has 1 N–H and O–H groups in total. The van der Waals surface area contributed by atoms with Crippen molar-refractivity contribution in [1.82, 2.24) is 9.97 Å². The van der Waals surface area contributed by atoms with Gasteiger partial charge in [-0.05, 0) is 36.6 Å². The second kappa shape index (κ2) is 7.78. The van der Waals surface area contributed by atoms with Gasteiger partial charge in [0.2, 0.25) is 0 Å². The smallest absolute Gasteiger partial charge is 0.274 e. The molecule has 0 atom stereocenters. The molecule has 1 heterocycles. The number of para-hydroxylation sites is 2. The molecule has 0 bridgehead atoms. The minimum Gasteiger partial charge on any atom is -0.329 e. The van der Waals surface area contributed by atoms with Crippen molar-refractivity contribution in [2.75, 3.05) is 17.3 Å². The lowest BCUT2D eigenvalue weighted by Crippen LogP contribution is -2.18. The van der Waals surface area contributed by atoms with Crippen LogP contribution in [0.5, 0.6) is 0 Å². The third-order valence-corrected chi connectivity index (χ3v) is 4.35. The van der Waals surface area contributed by atoms with Gasteiger partial charge in [-0.15, -0.1) is 0 Å². The van der Waals surface area contributed by atoms with Gasteiger partial charge in [0, 0.05) is 24.5 Å². The number of benzene rings is 2. The van der Waals surface area contributed by atoms with Gasteiger partial charge in [0.15, 0.2) is 0 Å². The van der Waals surface area contributed by atoms with Crippen molar-refractivity contribution in [3.63, 3.8) is 0 Å². The summed E-state index contributed by atoms with van der Waals surface area (Å²) >= 11 is 0. The van der Waals surface area contributed by atoms with Crippen molar-refractivity contribution in [2.24, 2.45) is 0 Å². The number of carbonyl (C=O) groups is 1. The van der Waals surface area contributed by atoms with E-state index in [1.165, 1.54) is 6.33 Å². The fourth-order valence-electron chi connectivity index (χ4n) is 2.82. The second-order valence-corrected chi connectivity index (χ2v) is 6.07. The number of nitrogens with zero attached hydrogens (tertiary/aromatic N) is 3. The molecular formula is C21H22N4O. The van der Waals surface area contributed by atoms with Gasteiger partial charge >= 0.3 is 0 Å². The molecule has 0 unspecified atom stereocenters. The number of hydrogen-bond acceptors (Lipinski definition) is 4. The Morgan fingerprint density at radius 2 is 1.85 bits per heavy atom. The summed E-state index contributed by atoms with van der Waals surface area (Å²) in [6.07, 6.45) is 2.27. The predicted molar refractivity (Wildman–Crippen MR) is 105 cm³/mol. The van der Waals surface area contributed by atoms with E-state index in [1.807, 2.05) is 67.4 Å². The molecule has 0 aliphatic rings. The number of aromatic nitrogens is 2. The van der Waals surface area contributed by atoms with Crippen LogP contribution in [0, 0.1) is 6.92 Å². The molecule has 3 rings (SSSR count). The standard InChI is InChI=1S/C21H22N4O/c1-4-16-10-8-9-15(2)20(16)24-21(26)18-13-19(23-14-22-18)25(3)17-11-6-5-7-12-17/h5-14H,4H2,1-3H3,(H,24,26). The molecule has 0 radical (unpaired) electrons. The fourth-order valence-corrected chi connectivity index (χ4v) is 2.82. The molecule has 1 amide bonds. The van der Waals surface area contributed by atoms with Gasteiger partial charge in [0.1, 0.15) is 17.8 Å². The normalized spacial score (nSPS) is 10.4. The first-order chi connectivity index (χ1) is 12.6. The van der Waals surface area contributed by atoms with Crippen LogP contribution in [0.25, 0.3) is 0 Å². The van der Waals surface area contributed by atoms with Crippen molar-refractivity contribution < 1.29 is 4.79 Å². The highest BCUT2D eigenvalue weighted by molar-refractivity contribution is 6.04. The quantitative estimate of drug-likeness (QED) is 0.745. The molecule has 5 nitrogen and oxygen atoms in total. The maximum absolute atomic E-state index is 12.7. The first kappa shape index (κ1) is 17.6. The van der Waals surface area contributed by atoms with Crippen LogP contribution in [-0.4, -0.2) is 22.9 Å². The number of carbonyl (C=O) groups excluding carboxylic acids is 1. The summed E-state index contributed by atoms with van der Waals surface area (Å²) in [5.74, 6) is 0.427. The molecule has 0 saturated carbocycles. The van der Waals surface area contributed by atoms with E-state index in [-0.39, 0.29) is 5.91 Å². The number of aryl methyl sites for hydroxylation is 2. The summed E-state index contributed by atoms with van der Waals surface area (Å²) in [5, 5.41) is 3.00. The Morgan fingerprint density at radius 3 is 2.58 bits per heavy atom. The summed E-state index contributed by atoms with van der Waals surface area (Å²) in [7, 11) is 1.91. The zero-order valence-corrected chi connectivity index (χ0v) is 15.2. The number of anilines is 3. The average molecular weight is 346 g/mol. The maximum Gasteiger partial charge on any atom is 0.274 e.